The Hall–Kier alpha value is -3.27. The van der Waals surface area contributed by atoms with Gasteiger partial charge in [-0.2, -0.15) is 5.10 Å². The lowest BCUT2D eigenvalue weighted by atomic mass is 10.1. The van der Waals surface area contributed by atoms with Gasteiger partial charge in [-0.1, -0.05) is 48.0 Å². The molecule has 2 heterocycles. The molecule has 0 unspecified atom stereocenters. The van der Waals surface area contributed by atoms with E-state index in [9.17, 15) is 0 Å². The SMILES string of the molecule is Cc1ccc(-n2cc(-c3ccnc(-c4ccccc4)n3)c(C)n2)cc1. The first-order chi connectivity index (χ1) is 12.2. The van der Waals surface area contributed by atoms with Gasteiger partial charge >= 0.3 is 0 Å². The number of hydrogen-bond donors (Lipinski definition) is 0. The first-order valence-corrected chi connectivity index (χ1v) is 8.23. The normalized spacial score (nSPS) is 10.8. The Labute approximate surface area is 146 Å². The Bertz CT molecular complexity index is 1000. The van der Waals surface area contributed by atoms with Crippen LogP contribution >= 0.6 is 0 Å². The fourth-order valence-corrected chi connectivity index (χ4v) is 2.78. The summed E-state index contributed by atoms with van der Waals surface area (Å²) in [4.78, 5) is 9.13. The van der Waals surface area contributed by atoms with Crippen LogP contribution in [-0.2, 0) is 0 Å². The first-order valence-electron chi connectivity index (χ1n) is 8.23. The Balaban J connectivity index is 1.74. The summed E-state index contributed by atoms with van der Waals surface area (Å²) in [5, 5.41) is 4.65. The molecule has 0 N–H and O–H groups in total. The molecule has 122 valence electrons. The van der Waals surface area contributed by atoms with Crippen molar-refractivity contribution in [1.82, 2.24) is 19.7 Å². The Morgan fingerprint density at radius 2 is 1.60 bits per heavy atom. The maximum Gasteiger partial charge on any atom is 0.159 e. The van der Waals surface area contributed by atoms with Crippen LogP contribution in [0.4, 0.5) is 0 Å². The monoisotopic (exact) mass is 326 g/mol. The largest absolute Gasteiger partial charge is 0.240 e. The Kier molecular flexibility index (Phi) is 3.86. The fraction of sp³-hybridized carbons (Fsp3) is 0.0952. The predicted octanol–water partition coefficient (Wildman–Crippen LogP) is 4.61. The average molecular weight is 326 g/mol. The molecule has 4 aromatic rings. The lowest BCUT2D eigenvalue weighted by Crippen LogP contribution is -1.94. The van der Waals surface area contributed by atoms with Gasteiger partial charge in [-0.3, -0.25) is 0 Å². The van der Waals surface area contributed by atoms with E-state index in [1.54, 1.807) is 6.20 Å². The van der Waals surface area contributed by atoms with E-state index < -0.39 is 0 Å². The highest BCUT2D eigenvalue weighted by molar-refractivity contribution is 5.65. The fourth-order valence-electron chi connectivity index (χ4n) is 2.78. The Morgan fingerprint density at radius 3 is 2.36 bits per heavy atom. The lowest BCUT2D eigenvalue weighted by Gasteiger charge is -2.03. The summed E-state index contributed by atoms with van der Waals surface area (Å²) in [5.74, 6) is 0.723. The smallest absolute Gasteiger partial charge is 0.159 e. The van der Waals surface area contributed by atoms with Crippen molar-refractivity contribution in [3.63, 3.8) is 0 Å². The van der Waals surface area contributed by atoms with E-state index in [2.05, 4.69) is 41.3 Å². The molecular formula is C21H18N4. The highest BCUT2D eigenvalue weighted by Crippen LogP contribution is 2.24. The van der Waals surface area contributed by atoms with E-state index in [1.807, 2.05) is 54.2 Å². The minimum absolute atomic E-state index is 0.723. The summed E-state index contributed by atoms with van der Waals surface area (Å²) < 4.78 is 1.90. The van der Waals surface area contributed by atoms with E-state index in [-0.39, 0.29) is 0 Å². The molecule has 4 rings (SSSR count). The molecule has 0 bridgehead atoms. The number of hydrogen-bond acceptors (Lipinski definition) is 3. The third-order valence-corrected chi connectivity index (χ3v) is 4.16. The van der Waals surface area contributed by atoms with Crippen LogP contribution in [-0.4, -0.2) is 19.7 Å². The van der Waals surface area contributed by atoms with Gasteiger partial charge < -0.3 is 0 Å². The molecule has 2 aromatic carbocycles. The maximum absolute atomic E-state index is 4.73. The Morgan fingerprint density at radius 1 is 0.840 bits per heavy atom. The summed E-state index contributed by atoms with van der Waals surface area (Å²) in [6.07, 6.45) is 3.82. The average Bonchev–Trinajstić information content (AvgIpc) is 3.05. The van der Waals surface area contributed by atoms with Crippen molar-refractivity contribution in [2.24, 2.45) is 0 Å². The van der Waals surface area contributed by atoms with Crippen LogP contribution in [0, 0.1) is 13.8 Å². The zero-order chi connectivity index (χ0) is 17.2. The first kappa shape index (κ1) is 15.3. The summed E-state index contributed by atoms with van der Waals surface area (Å²) >= 11 is 0. The molecule has 4 nitrogen and oxygen atoms in total. The van der Waals surface area contributed by atoms with E-state index in [0.717, 1.165) is 34.0 Å². The maximum atomic E-state index is 4.73. The van der Waals surface area contributed by atoms with Crippen molar-refractivity contribution in [2.75, 3.05) is 0 Å². The van der Waals surface area contributed by atoms with Crippen molar-refractivity contribution in [3.05, 3.63) is 84.3 Å². The topological polar surface area (TPSA) is 43.6 Å². The van der Waals surface area contributed by atoms with Crippen LogP contribution in [0.25, 0.3) is 28.3 Å². The third kappa shape index (κ3) is 3.06. The van der Waals surface area contributed by atoms with E-state index in [0.29, 0.717) is 0 Å². The second kappa shape index (κ2) is 6.32. The van der Waals surface area contributed by atoms with Gasteiger partial charge in [-0.05, 0) is 32.0 Å². The molecule has 2 aromatic heterocycles. The number of rotatable bonds is 3. The summed E-state index contributed by atoms with van der Waals surface area (Å²) in [6.45, 7) is 4.08. The van der Waals surface area contributed by atoms with Gasteiger partial charge in [0.2, 0.25) is 0 Å². The molecule has 0 aliphatic heterocycles. The van der Waals surface area contributed by atoms with Gasteiger partial charge in [0.15, 0.2) is 5.82 Å². The molecule has 0 aliphatic rings. The van der Waals surface area contributed by atoms with E-state index >= 15 is 0 Å². The van der Waals surface area contributed by atoms with Crippen molar-refractivity contribution < 1.29 is 0 Å². The molecule has 0 spiro atoms. The molecular weight excluding hydrogens is 308 g/mol. The van der Waals surface area contributed by atoms with Crippen molar-refractivity contribution >= 4 is 0 Å². The van der Waals surface area contributed by atoms with Crippen LogP contribution in [0.3, 0.4) is 0 Å². The van der Waals surface area contributed by atoms with Crippen LogP contribution in [0.15, 0.2) is 73.1 Å². The summed E-state index contributed by atoms with van der Waals surface area (Å²) in [7, 11) is 0. The zero-order valence-electron chi connectivity index (χ0n) is 14.2. The zero-order valence-corrected chi connectivity index (χ0v) is 14.2. The minimum Gasteiger partial charge on any atom is -0.240 e. The summed E-state index contributed by atoms with van der Waals surface area (Å²) in [6, 6.07) is 20.2. The van der Waals surface area contributed by atoms with Crippen LogP contribution in [0.5, 0.6) is 0 Å². The third-order valence-electron chi connectivity index (χ3n) is 4.16. The van der Waals surface area contributed by atoms with E-state index in [1.165, 1.54) is 5.56 Å². The number of benzene rings is 2. The second-order valence-electron chi connectivity index (χ2n) is 6.04. The van der Waals surface area contributed by atoms with Gasteiger partial charge in [-0.25, -0.2) is 14.6 Å². The van der Waals surface area contributed by atoms with Gasteiger partial charge in [0, 0.05) is 23.5 Å². The molecule has 0 atom stereocenters. The lowest BCUT2D eigenvalue weighted by molar-refractivity contribution is 0.862. The van der Waals surface area contributed by atoms with Crippen LogP contribution < -0.4 is 0 Å². The molecule has 0 saturated carbocycles. The molecule has 0 radical (unpaired) electrons. The van der Waals surface area contributed by atoms with Crippen molar-refractivity contribution in [2.45, 2.75) is 13.8 Å². The number of aromatic nitrogens is 4. The quantitative estimate of drug-likeness (QED) is 0.552. The van der Waals surface area contributed by atoms with Crippen molar-refractivity contribution in [3.8, 4) is 28.3 Å². The highest BCUT2D eigenvalue weighted by Gasteiger charge is 2.11. The molecule has 0 amide bonds. The standard InChI is InChI=1S/C21H18N4/c1-15-8-10-18(11-9-15)25-14-19(16(2)24-25)20-12-13-22-21(23-20)17-6-4-3-5-7-17/h3-14H,1-2H3. The molecule has 0 fully saturated rings. The summed E-state index contributed by atoms with van der Waals surface area (Å²) in [5.41, 5.74) is 6.12. The van der Waals surface area contributed by atoms with Gasteiger partial charge in [0.1, 0.15) is 0 Å². The second-order valence-corrected chi connectivity index (χ2v) is 6.04. The minimum atomic E-state index is 0.723. The predicted molar refractivity (Wildman–Crippen MR) is 99.5 cm³/mol. The number of aryl methyl sites for hydroxylation is 2. The molecule has 4 heteroatoms. The molecule has 25 heavy (non-hydrogen) atoms. The van der Waals surface area contributed by atoms with Crippen molar-refractivity contribution in [1.29, 1.82) is 0 Å². The van der Waals surface area contributed by atoms with Gasteiger partial charge in [0.25, 0.3) is 0 Å². The van der Waals surface area contributed by atoms with E-state index in [4.69, 9.17) is 4.98 Å². The van der Waals surface area contributed by atoms with Gasteiger partial charge in [-0.15, -0.1) is 0 Å². The number of nitrogens with zero attached hydrogens (tertiary/aromatic N) is 4. The van der Waals surface area contributed by atoms with Crippen LogP contribution in [0.1, 0.15) is 11.3 Å². The van der Waals surface area contributed by atoms with Gasteiger partial charge in [0.05, 0.1) is 17.1 Å². The molecule has 0 saturated heterocycles. The molecule has 0 aliphatic carbocycles. The highest BCUT2D eigenvalue weighted by atomic mass is 15.3. The van der Waals surface area contributed by atoms with Crippen LogP contribution in [0.2, 0.25) is 0 Å².